The van der Waals surface area contributed by atoms with Gasteiger partial charge in [-0.05, 0) is 35.3 Å². The Labute approximate surface area is 105 Å². The van der Waals surface area contributed by atoms with E-state index in [-0.39, 0.29) is 5.41 Å². The van der Waals surface area contributed by atoms with E-state index in [1.54, 1.807) is 0 Å². The highest BCUT2D eigenvalue weighted by Gasteiger charge is 2.54. The Morgan fingerprint density at radius 2 is 1.94 bits per heavy atom. The zero-order chi connectivity index (χ0) is 12.7. The Bertz CT molecular complexity index is 402. The molecule has 1 aliphatic rings. The fourth-order valence-electron chi connectivity index (χ4n) is 2.85. The van der Waals surface area contributed by atoms with Gasteiger partial charge in [0.1, 0.15) is 0 Å². The topological polar surface area (TPSA) is 20.2 Å². The molecule has 0 aromatic heterocycles. The van der Waals surface area contributed by atoms with Crippen LogP contribution in [0.25, 0.3) is 0 Å². The molecule has 1 saturated carbocycles. The van der Waals surface area contributed by atoms with E-state index in [0.29, 0.717) is 5.92 Å². The first-order chi connectivity index (χ1) is 7.89. The summed E-state index contributed by atoms with van der Waals surface area (Å²) >= 11 is 0. The SMILES string of the molecule is CCCC1CC1(O)c1ccccc1C(C)(C)C. The molecule has 0 heterocycles. The van der Waals surface area contributed by atoms with Crippen molar-refractivity contribution in [2.75, 3.05) is 0 Å². The van der Waals surface area contributed by atoms with Gasteiger partial charge in [0, 0.05) is 0 Å². The van der Waals surface area contributed by atoms with Crippen LogP contribution < -0.4 is 0 Å². The van der Waals surface area contributed by atoms with Gasteiger partial charge in [0.2, 0.25) is 0 Å². The summed E-state index contributed by atoms with van der Waals surface area (Å²) < 4.78 is 0. The van der Waals surface area contributed by atoms with Crippen molar-refractivity contribution < 1.29 is 5.11 Å². The number of hydrogen-bond donors (Lipinski definition) is 1. The maximum Gasteiger partial charge on any atom is 0.0932 e. The van der Waals surface area contributed by atoms with Crippen molar-refractivity contribution >= 4 is 0 Å². The highest BCUT2D eigenvalue weighted by molar-refractivity contribution is 5.41. The van der Waals surface area contributed by atoms with Gasteiger partial charge in [0.25, 0.3) is 0 Å². The Balaban J connectivity index is 2.35. The normalized spacial score (nSPS) is 28.2. The Morgan fingerprint density at radius 3 is 2.53 bits per heavy atom. The predicted molar refractivity (Wildman–Crippen MR) is 72.1 cm³/mol. The third-order valence-electron chi connectivity index (χ3n) is 3.91. The first-order valence-corrected chi connectivity index (χ1v) is 6.72. The Morgan fingerprint density at radius 1 is 1.29 bits per heavy atom. The first-order valence-electron chi connectivity index (χ1n) is 6.72. The van der Waals surface area contributed by atoms with Crippen molar-refractivity contribution in [3.05, 3.63) is 35.4 Å². The maximum atomic E-state index is 10.7. The molecule has 1 fully saturated rings. The van der Waals surface area contributed by atoms with Gasteiger partial charge in [0.15, 0.2) is 0 Å². The smallest absolute Gasteiger partial charge is 0.0932 e. The molecule has 2 unspecified atom stereocenters. The molecule has 1 aliphatic carbocycles. The lowest BCUT2D eigenvalue weighted by molar-refractivity contribution is 0.127. The molecule has 94 valence electrons. The first kappa shape index (κ1) is 12.6. The van der Waals surface area contributed by atoms with Gasteiger partial charge in [-0.25, -0.2) is 0 Å². The highest BCUT2D eigenvalue weighted by atomic mass is 16.3. The van der Waals surface area contributed by atoms with Crippen LogP contribution in [0, 0.1) is 5.92 Å². The largest absolute Gasteiger partial charge is 0.385 e. The molecule has 0 spiro atoms. The van der Waals surface area contributed by atoms with Crippen LogP contribution in [-0.2, 0) is 11.0 Å². The molecule has 1 aromatic carbocycles. The quantitative estimate of drug-likeness (QED) is 0.835. The standard InChI is InChI=1S/C16H24O/c1-5-8-12-11-16(12,17)14-10-7-6-9-13(14)15(2,3)4/h6-7,9-10,12,17H,5,8,11H2,1-4H3. The summed E-state index contributed by atoms with van der Waals surface area (Å²) in [6.07, 6.45) is 3.23. The van der Waals surface area contributed by atoms with Gasteiger partial charge >= 0.3 is 0 Å². The monoisotopic (exact) mass is 232 g/mol. The molecule has 0 bridgehead atoms. The molecule has 1 heteroatoms. The van der Waals surface area contributed by atoms with E-state index in [4.69, 9.17) is 0 Å². The van der Waals surface area contributed by atoms with Crippen LogP contribution in [0.1, 0.15) is 58.1 Å². The minimum atomic E-state index is -0.542. The van der Waals surface area contributed by atoms with E-state index in [1.807, 2.05) is 6.07 Å². The highest BCUT2D eigenvalue weighted by Crippen LogP contribution is 2.56. The fraction of sp³-hybridized carbons (Fsp3) is 0.625. The molecule has 0 amide bonds. The lowest BCUT2D eigenvalue weighted by Crippen LogP contribution is -2.20. The molecule has 2 atom stereocenters. The van der Waals surface area contributed by atoms with Crippen LogP contribution in [-0.4, -0.2) is 5.11 Å². The van der Waals surface area contributed by atoms with Gasteiger partial charge in [-0.3, -0.25) is 0 Å². The second-order valence-corrected chi connectivity index (χ2v) is 6.41. The average Bonchev–Trinajstić information content (AvgIpc) is 2.90. The van der Waals surface area contributed by atoms with Gasteiger partial charge in [-0.2, -0.15) is 0 Å². The zero-order valence-electron chi connectivity index (χ0n) is 11.5. The van der Waals surface area contributed by atoms with Crippen LogP contribution >= 0.6 is 0 Å². The second-order valence-electron chi connectivity index (χ2n) is 6.41. The number of aliphatic hydroxyl groups is 1. The summed E-state index contributed by atoms with van der Waals surface area (Å²) in [6.45, 7) is 8.83. The van der Waals surface area contributed by atoms with E-state index in [1.165, 1.54) is 5.56 Å². The van der Waals surface area contributed by atoms with Gasteiger partial charge in [0.05, 0.1) is 5.60 Å². The fourth-order valence-corrected chi connectivity index (χ4v) is 2.85. The van der Waals surface area contributed by atoms with E-state index in [0.717, 1.165) is 24.8 Å². The van der Waals surface area contributed by atoms with E-state index >= 15 is 0 Å². The third-order valence-corrected chi connectivity index (χ3v) is 3.91. The minimum Gasteiger partial charge on any atom is -0.385 e. The van der Waals surface area contributed by atoms with Crippen LogP contribution in [0.15, 0.2) is 24.3 Å². The van der Waals surface area contributed by atoms with Crippen LogP contribution in [0.5, 0.6) is 0 Å². The number of rotatable bonds is 3. The van der Waals surface area contributed by atoms with Crippen molar-refractivity contribution in [3.8, 4) is 0 Å². The number of hydrogen-bond acceptors (Lipinski definition) is 1. The molecule has 1 aromatic rings. The van der Waals surface area contributed by atoms with Crippen LogP contribution in [0.3, 0.4) is 0 Å². The molecule has 1 N–H and O–H groups in total. The molecule has 2 rings (SSSR count). The summed E-state index contributed by atoms with van der Waals surface area (Å²) in [5.41, 5.74) is 2.01. The van der Waals surface area contributed by atoms with E-state index in [2.05, 4.69) is 45.9 Å². The Hall–Kier alpha value is -0.820. The molecular weight excluding hydrogens is 208 g/mol. The minimum absolute atomic E-state index is 0.103. The molecule has 0 radical (unpaired) electrons. The Kier molecular flexibility index (Phi) is 3.07. The van der Waals surface area contributed by atoms with Crippen LogP contribution in [0.2, 0.25) is 0 Å². The summed E-state index contributed by atoms with van der Waals surface area (Å²) in [5, 5.41) is 10.7. The predicted octanol–water partition coefficient (Wildman–Crippen LogP) is 3.99. The van der Waals surface area contributed by atoms with Gasteiger partial charge < -0.3 is 5.11 Å². The molecule has 0 aliphatic heterocycles. The summed E-state index contributed by atoms with van der Waals surface area (Å²) in [4.78, 5) is 0. The van der Waals surface area contributed by atoms with Gasteiger partial charge in [-0.15, -0.1) is 0 Å². The van der Waals surface area contributed by atoms with Crippen molar-refractivity contribution in [2.24, 2.45) is 5.92 Å². The summed E-state index contributed by atoms with van der Waals surface area (Å²) in [7, 11) is 0. The average molecular weight is 232 g/mol. The summed E-state index contributed by atoms with van der Waals surface area (Å²) in [5.74, 6) is 0.469. The zero-order valence-corrected chi connectivity index (χ0v) is 11.5. The third kappa shape index (κ3) is 2.26. The van der Waals surface area contributed by atoms with Crippen LogP contribution in [0.4, 0.5) is 0 Å². The van der Waals surface area contributed by atoms with E-state index < -0.39 is 5.60 Å². The molecule has 1 nitrogen and oxygen atoms in total. The summed E-state index contributed by atoms with van der Waals surface area (Å²) in [6, 6.07) is 8.39. The van der Waals surface area contributed by atoms with Crippen molar-refractivity contribution in [1.29, 1.82) is 0 Å². The second kappa shape index (κ2) is 4.13. The van der Waals surface area contributed by atoms with Crippen molar-refractivity contribution in [2.45, 2.75) is 58.0 Å². The maximum absolute atomic E-state index is 10.7. The lowest BCUT2D eigenvalue weighted by Gasteiger charge is -2.26. The lowest BCUT2D eigenvalue weighted by atomic mass is 9.81. The van der Waals surface area contributed by atoms with E-state index in [9.17, 15) is 5.11 Å². The molecular formula is C16H24O. The number of benzene rings is 1. The van der Waals surface area contributed by atoms with Crippen molar-refractivity contribution in [3.63, 3.8) is 0 Å². The molecule has 17 heavy (non-hydrogen) atoms. The molecule has 0 saturated heterocycles. The van der Waals surface area contributed by atoms with Gasteiger partial charge in [-0.1, -0.05) is 58.4 Å². The van der Waals surface area contributed by atoms with Crippen molar-refractivity contribution in [1.82, 2.24) is 0 Å².